The minimum Gasteiger partial charge on any atom is -0.479 e. The van der Waals surface area contributed by atoms with Crippen LogP contribution in [0.3, 0.4) is 0 Å². The number of aliphatic hydroxyl groups is 5. The number of hydrogen-bond donors (Lipinski definition) is 6. The standard InChI is InChI=1S/C26H44O13/c1-4-13-7-5-8-14(18(13)39-25-22(30)26(3,33)21(29)12(2)35-25)37-24-20-19(17(28)16(11-27)38-24)36-15(23(31)32)9-6-10-34-20/h12-22,24-25,27-30,33H,4-11H2,1-3H3,(H,31,32). The molecule has 0 spiro atoms. The number of fused-ring (bicyclic) bond motifs is 1. The first-order valence-corrected chi connectivity index (χ1v) is 14.0. The lowest BCUT2D eigenvalue weighted by molar-refractivity contribution is -0.362. The molecule has 3 aliphatic heterocycles. The summed E-state index contributed by atoms with van der Waals surface area (Å²) in [5.41, 5.74) is -1.86. The van der Waals surface area contributed by atoms with Crippen LogP contribution in [0.4, 0.5) is 0 Å². The molecular weight excluding hydrogens is 520 g/mol. The van der Waals surface area contributed by atoms with Crippen molar-refractivity contribution in [1.29, 1.82) is 0 Å². The van der Waals surface area contributed by atoms with Crippen LogP contribution in [0.5, 0.6) is 0 Å². The van der Waals surface area contributed by atoms with E-state index in [-0.39, 0.29) is 18.9 Å². The fourth-order valence-corrected chi connectivity index (χ4v) is 6.12. The minimum atomic E-state index is -1.86. The Hall–Kier alpha value is -0.970. The smallest absolute Gasteiger partial charge is 0.332 e. The van der Waals surface area contributed by atoms with E-state index in [9.17, 15) is 35.4 Å². The highest BCUT2D eigenvalue weighted by Gasteiger charge is 2.54. The zero-order chi connectivity index (χ0) is 28.5. The Morgan fingerprint density at radius 3 is 2.38 bits per heavy atom. The summed E-state index contributed by atoms with van der Waals surface area (Å²) in [5.74, 6) is -1.14. The molecule has 14 unspecified atom stereocenters. The number of carboxylic acids is 1. The predicted molar refractivity (Wildman–Crippen MR) is 131 cm³/mol. The number of hydrogen-bond acceptors (Lipinski definition) is 12. The Kier molecular flexibility index (Phi) is 10.3. The molecule has 1 aliphatic carbocycles. The highest BCUT2D eigenvalue weighted by molar-refractivity contribution is 5.72. The molecule has 0 aromatic carbocycles. The van der Waals surface area contributed by atoms with Crippen molar-refractivity contribution in [3.05, 3.63) is 0 Å². The molecular formula is C26H44O13. The molecule has 0 bridgehead atoms. The van der Waals surface area contributed by atoms with E-state index in [1.165, 1.54) is 6.92 Å². The summed E-state index contributed by atoms with van der Waals surface area (Å²) in [5, 5.41) is 62.1. The van der Waals surface area contributed by atoms with Crippen molar-refractivity contribution in [2.24, 2.45) is 5.92 Å². The van der Waals surface area contributed by atoms with Crippen LogP contribution in [0.15, 0.2) is 0 Å². The van der Waals surface area contributed by atoms with Crippen molar-refractivity contribution in [3.8, 4) is 0 Å². The van der Waals surface area contributed by atoms with Gasteiger partial charge in [-0.3, -0.25) is 0 Å². The zero-order valence-corrected chi connectivity index (χ0v) is 22.7. The van der Waals surface area contributed by atoms with Gasteiger partial charge < -0.3 is 59.1 Å². The largest absolute Gasteiger partial charge is 0.479 e. The molecule has 14 atom stereocenters. The highest BCUT2D eigenvalue weighted by atomic mass is 16.7. The molecule has 6 N–H and O–H groups in total. The van der Waals surface area contributed by atoms with Crippen LogP contribution >= 0.6 is 0 Å². The normalized spacial score (nSPS) is 49.5. The van der Waals surface area contributed by atoms with Gasteiger partial charge in [0.05, 0.1) is 24.9 Å². The molecule has 4 aliphatic rings. The van der Waals surface area contributed by atoms with Crippen molar-refractivity contribution in [2.75, 3.05) is 13.2 Å². The second-order valence-corrected chi connectivity index (χ2v) is 11.3. The number of aliphatic hydroxyl groups excluding tert-OH is 4. The Bertz CT molecular complexity index is 811. The van der Waals surface area contributed by atoms with Crippen molar-refractivity contribution < 1.29 is 63.9 Å². The fourth-order valence-electron chi connectivity index (χ4n) is 6.12. The molecule has 13 heteroatoms. The Labute approximate surface area is 227 Å². The molecule has 0 aromatic rings. The third-order valence-corrected chi connectivity index (χ3v) is 8.58. The van der Waals surface area contributed by atoms with E-state index in [2.05, 4.69) is 0 Å². The van der Waals surface area contributed by atoms with Crippen LogP contribution in [0.25, 0.3) is 0 Å². The average Bonchev–Trinajstić information content (AvgIpc) is 2.88. The topological polar surface area (TPSA) is 194 Å². The number of carbonyl (C=O) groups is 1. The van der Waals surface area contributed by atoms with Crippen molar-refractivity contribution in [2.45, 2.75) is 139 Å². The highest BCUT2D eigenvalue weighted by Crippen LogP contribution is 2.39. The van der Waals surface area contributed by atoms with Gasteiger partial charge in [0.1, 0.15) is 42.2 Å². The van der Waals surface area contributed by atoms with Gasteiger partial charge in [0.15, 0.2) is 18.7 Å². The van der Waals surface area contributed by atoms with Gasteiger partial charge in [0.25, 0.3) is 0 Å². The third kappa shape index (κ3) is 6.44. The van der Waals surface area contributed by atoms with Gasteiger partial charge in [-0.15, -0.1) is 0 Å². The first-order chi connectivity index (χ1) is 18.5. The summed E-state index contributed by atoms with van der Waals surface area (Å²) in [6.07, 6.45) is -9.29. The molecule has 0 amide bonds. The van der Waals surface area contributed by atoms with Crippen molar-refractivity contribution in [3.63, 3.8) is 0 Å². The monoisotopic (exact) mass is 564 g/mol. The van der Waals surface area contributed by atoms with Crippen molar-refractivity contribution in [1.82, 2.24) is 0 Å². The van der Waals surface area contributed by atoms with Crippen LogP contribution < -0.4 is 0 Å². The summed E-state index contributed by atoms with van der Waals surface area (Å²) in [4.78, 5) is 11.7. The number of ether oxygens (including phenoxy) is 6. The number of carboxylic acid groups (broad SMARTS) is 1. The van der Waals surface area contributed by atoms with Gasteiger partial charge >= 0.3 is 5.97 Å². The molecule has 226 valence electrons. The Balaban J connectivity index is 1.56. The Morgan fingerprint density at radius 2 is 1.72 bits per heavy atom. The quantitative estimate of drug-likeness (QED) is 0.227. The van der Waals surface area contributed by atoms with Crippen LogP contribution in [0.2, 0.25) is 0 Å². The van der Waals surface area contributed by atoms with E-state index in [1.807, 2.05) is 6.92 Å². The van der Waals surface area contributed by atoms with Gasteiger partial charge in [0, 0.05) is 6.61 Å². The maximum atomic E-state index is 11.7. The van der Waals surface area contributed by atoms with E-state index in [0.717, 1.165) is 19.3 Å². The molecule has 1 saturated carbocycles. The second-order valence-electron chi connectivity index (χ2n) is 11.3. The van der Waals surface area contributed by atoms with Gasteiger partial charge in [-0.25, -0.2) is 4.79 Å². The lowest BCUT2D eigenvalue weighted by atomic mass is 9.82. The van der Waals surface area contributed by atoms with E-state index >= 15 is 0 Å². The maximum absolute atomic E-state index is 11.7. The summed E-state index contributed by atoms with van der Waals surface area (Å²) in [7, 11) is 0. The zero-order valence-electron chi connectivity index (χ0n) is 22.7. The van der Waals surface area contributed by atoms with Gasteiger partial charge in [-0.1, -0.05) is 19.8 Å². The average molecular weight is 565 g/mol. The molecule has 0 aromatic heterocycles. The maximum Gasteiger partial charge on any atom is 0.332 e. The molecule has 3 saturated heterocycles. The lowest BCUT2D eigenvalue weighted by Crippen LogP contribution is -2.66. The second kappa shape index (κ2) is 12.9. The molecule has 3 heterocycles. The molecule has 39 heavy (non-hydrogen) atoms. The van der Waals surface area contributed by atoms with E-state index in [4.69, 9.17) is 28.4 Å². The predicted octanol–water partition coefficient (Wildman–Crippen LogP) is -0.720. The van der Waals surface area contributed by atoms with Gasteiger partial charge in [-0.2, -0.15) is 0 Å². The van der Waals surface area contributed by atoms with Crippen LogP contribution in [0.1, 0.15) is 59.3 Å². The SMILES string of the molecule is CCC1CCCC(OC2OC(CO)C(O)C3OC(C(=O)O)CCCOC23)C1OC1OC(C)C(O)C(C)(O)C1O. The third-order valence-electron chi connectivity index (χ3n) is 8.58. The van der Waals surface area contributed by atoms with E-state index < -0.39 is 91.8 Å². The molecule has 0 radical (unpaired) electrons. The fraction of sp³-hybridized carbons (Fsp3) is 0.962. The summed E-state index contributed by atoms with van der Waals surface area (Å²) < 4.78 is 36.1. The molecule has 4 rings (SSSR count). The summed E-state index contributed by atoms with van der Waals surface area (Å²) >= 11 is 0. The van der Waals surface area contributed by atoms with Crippen molar-refractivity contribution >= 4 is 5.97 Å². The van der Waals surface area contributed by atoms with E-state index in [1.54, 1.807) is 6.92 Å². The number of rotatable bonds is 7. The van der Waals surface area contributed by atoms with Gasteiger partial charge in [0.2, 0.25) is 0 Å². The first-order valence-electron chi connectivity index (χ1n) is 14.0. The molecule has 13 nitrogen and oxygen atoms in total. The lowest BCUT2D eigenvalue weighted by Gasteiger charge is -2.49. The Morgan fingerprint density at radius 1 is 0.974 bits per heavy atom. The summed E-state index contributed by atoms with van der Waals surface area (Å²) in [6.45, 7) is 4.57. The molecule has 4 fully saturated rings. The van der Waals surface area contributed by atoms with E-state index in [0.29, 0.717) is 12.8 Å². The summed E-state index contributed by atoms with van der Waals surface area (Å²) in [6, 6.07) is 0. The van der Waals surface area contributed by atoms with Crippen LogP contribution in [-0.2, 0) is 33.2 Å². The van der Waals surface area contributed by atoms with Gasteiger partial charge in [-0.05, 0) is 45.4 Å². The van der Waals surface area contributed by atoms with Crippen LogP contribution in [0, 0.1) is 5.92 Å². The van der Waals surface area contributed by atoms with Crippen LogP contribution in [-0.4, -0.2) is 129 Å². The minimum absolute atomic E-state index is 0.0103. The number of aliphatic carboxylic acids is 1. The first kappa shape index (κ1) is 31.0.